The molecule has 1 atom stereocenters. The number of carbonyl (C=O) groups is 2. The Morgan fingerprint density at radius 1 is 1.40 bits per heavy atom. The molecule has 0 aromatic heterocycles. The summed E-state index contributed by atoms with van der Waals surface area (Å²) in [6, 6.07) is 2.33. The van der Waals surface area contributed by atoms with Crippen LogP contribution in [0.5, 0.6) is 0 Å². The number of alkyl halides is 3. The molecule has 1 aromatic rings. The number of carbonyl (C=O) groups excluding carboxylic acids is 1. The zero-order valence-electron chi connectivity index (χ0n) is 10.1. The van der Waals surface area contributed by atoms with Gasteiger partial charge in [0.25, 0.3) is 5.91 Å². The molecule has 4 nitrogen and oxygen atoms in total. The molecule has 1 aromatic carbocycles. The molecule has 1 rings (SSSR count). The van der Waals surface area contributed by atoms with Gasteiger partial charge in [0.2, 0.25) is 0 Å². The molecular formula is C13H10F3NO3. The summed E-state index contributed by atoms with van der Waals surface area (Å²) in [7, 11) is 0. The van der Waals surface area contributed by atoms with Crippen LogP contribution in [0.4, 0.5) is 13.2 Å². The summed E-state index contributed by atoms with van der Waals surface area (Å²) in [6.45, 7) is 0. The first-order valence-electron chi connectivity index (χ1n) is 5.40. The van der Waals surface area contributed by atoms with Crippen molar-refractivity contribution < 1.29 is 27.9 Å². The maximum absolute atomic E-state index is 12.5. The number of carboxylic acids is 1. The number of amides is 1. The Morgan fingerprint density at radius 2 is 2.05 bits per heavy atom. The van der Waals surface area contributed by atoms with Gasteiger partial charge in [-0.2, -0.15) is 13.2 Å². The average molecular weight is 285 g/mol. The van der Waals surface area contributed by atoms with Gasteiger partial charge in [-0.15, -0.1) is 12.3 Å². The molecule has 2 N–H and O–H groups in total. The van der Waals surface area contributed by atoms with E-state index in [0.717, 1.165) is 18.2 Å². The van der Waals surface area contributed by atoms with Gasteiger partial charge in [-0.25, -0.2) is 4.79 Å². The fraction of sp³-hybridized carbons (Fsp3) is 0.231. The normalized spacial score (nSPS) is 12.3. The highest BCUT2D eigenvalue weighted by Crippen LogP contribution is 2.29. The van der Waals surface area contributed by atoms with E-state index in [-0.39, 0.29) is 12.0 Å². The number of hydrogen-bond donors (Lipinski definition) is 2. The lowest BCUT2D eigenvalue weighted by atomic mass is 10.1. The van der Waals surface area contributed by atoms with Crippen LogP contribution in [0, 0.1) is 12.3 Å². The van der Waals surface area contributed by atoms with Gasteiger partial charge >= 0.3 is 12.1 Å². The van der Waals surface area contributed by atoms with E-state index in [9.17, 15) is 22.8 Å². The Labute approximate surface area is 112 Å². The predicted octanol–water partition coefficient (Wildman–Crippen LogP) is 1.91. The maximum atomic E-state index is 12.5. The summed E-state index contributed by atoms with van der Waals surface area (Å²) in [5.41, 5.74) is -1.28. The first-order valence-corrected chi connectivity index (χ1v) is 5.40. The minimum atomic E-state index is -4.58. The van der Waals surface area contributed by atoms with Crippen molar-refractivity contribution in [2.75, 3.05) is 0 Å². The van der Waals surface area contributed by atoms with E-state index < -0.39 is 29.7 Å². The van der Waals surface area contributed by atoms with E-state index in [2.05, 4.69) is 11.2 Å². The van der Waals surface area contributed by atoms with E-state index >= 15 is 0 Å². The summed E-state index contributed by atoms with van der Waals surface area (Å²) >= 11 is 0. The molecule has 0 saturated heterocycles. The fourth-order valence-electron chi connectivity index (χ4n) is 1.40. The molecule has 1 unspecified atom stereocenters. The van der Waals surface area contributed by atoms with Crippen LogP contribution >= 0.6 is 0 Å². The Balaban J connectivity index is 2.93. The van der Waals surface area contributed by atoms with Crippen molar-refractivity contribution in [2.45, 2.75) is 18.6 Å². The highest BCUT2D eigenvalue weighted by molar-refractivity contribution is 5.96. The summed E-state index contributed by atoms with van der Waals surface area (Å²) in [4.78, 5) is 22.5. The highest BCUT2D eigenvalue weighted by atomic mass is 19.4. The summed E-state index contributed by atoms with van der Waals surface area (Å²) in [6.07, 6.45) is 0.104. The summed E-state index contributed by atoms with van der Waals surface area (Å²) in [5.74, 6) is -0.224. The van der Waals surface area contributed by atoms with Gasteiger partial charge in [-0.3, -0.25) is 4.79 Å². The Hall–Kier alpha value is -2.49. The molecule has 0 aliphatic heterocycles. The lowest BCUT2D eigenvalue weighted by molar-refractivity contribution is -0.139. The molecule has 7 heteroatoms. The van der Waals surface area contributed by atoms with Crippen LogP contribution in [0.25, 0.3) is 0 Å². The number of rotatable bonds is 4. The number of nitrogens with one attached hydrogen (secondary N) is 1. The van der Waals surface area contributed by atoms with Crippen LogP contribution < -0.4 is 5.32 Å². The van der Waals surface area contributed by atoms with Crippen LogP contribution in [0.3, 0.4) is 0 Å². The lowest BCUT2D eigenvalue weighted by Crippen LogP contribution is -2.40. The van der Waals surface area contributed by atoms with Crippen LogP contribution in [-0.4, -0.2) is 23.0 Å². The SMILES string of the molecule is C#CCC(NC(=O)c1cccc(C(F)(F)F)c1)C(=O)O. The van der Waals surface area contributed by atoms with Crippen molar-refractivity contribution >= 4 is 11.9 Å². The van der Waals surface area contributed by atoms with Gasteiger partial charge in [-0.1, -0.05) is 6.07 Å². The molecule has 0 aliphatic rings. The minimum Gasteiger partial charge on any atom is -0.480 e. The second kappa shape index (κ2) is 6.10. The van der Waals surface area contributed by atoms with Crippen LogP contribution in [0.2, 0.25) is 0 Å². The van der Waals surface area contributed by atoms with Crippen LogP contribution in [0.1, 0.15) is 22.3 Å². The quantitative estimate of drug-likeness (QED) is 0.830. The molecular weight excluding hydrogens is 275 g/mol. The topological polar surface area (TPSA) is 66.4 Å². The molecule has 1 amide bonds. The standard InChI is InChI=1S/C13H10F3NO3/c1-2-4-10(12(19)20)17-11(18)8-5-3-6-9(7-8)13(14,15)16/h1,3,5-7,10H,4H2,(H,17,18)(H,19,20). The van der Waals surface area contributed by atoms with Gasteiger partial charge in [0.1, 0.15) is 6.04 Å². The number of carboxylic acid groups (broad SMARTS) is 1. The van der Waals surface area contributed by atoms with Gasteiger partial charge in [0.05, 0.1) is 5.56 Å². The molecule has 0 spiro atoms. The van der Waals surface area contributed by atoms with Gasteiger partial charge < -0.3 is 10.4 Å². The van der Waals surface area contributed by atoms with Gasteiger partial charge in [0.15, 0.2) is 0 Å². The summed E-state index contributed by atoms with van der Waals surface area (Å²) in [5, 5.41) is 10.9. The number of aliphatic carboxylic acids is 1. The molecule has 0 fully saturated rings. The van der Waals surface area contributed by atoms with Crippen molar-refractivity contribution in [1.82, 2.24) is 5.32 Å². The Morgan fingerprint density at radius 3 is 2.55 bits per heavy atom. The summed E-state index contributed by atoms with van der Waals surface area (Å²) < 4.78 is 37.5. The van der Waals surface area contributed by atoms with Crippen molar-refractivity contribution in [2.24, 2.45) is 0 Å². The van der Waals surface area contributed by atoms with E-state index in [4.69, 9.17) is 11.5 Å². The molecule has 20 heavy (non-hydrogen) atoms. The fourth-order valence-corrected chi connectivity index (χ4v) is 1.40. The third-order valence-electron chi connectivity index (χ3n) is 2.38. The zero-order chi connectivity index (χ0) is 15.3. The monoisotopic (exact) mass is 285 g/mol. The lowest BCUT2D eigenvalue weighted by Gasteiger charge is -2.13. The third-order valence-corrected chi connectivity index (χ3v) is 2.38. The number of benzene rings is 1. The van der Waals surface area contributed by atoms with Crippen molar-refractivity contribution in [3.63, 3.8) is 0 Å². The first-order chi connectivity index (χ1) is 9.25. The number of hydrogen-bond acceptors (Lipinski definition) is 2. The van der Waals surface area contributed by atoms with Gasteiger partial charge in [-0.05, 0) is 18.2 Å². The number of terminal acetylenes is 1. The van der Waals surface area contributed by atoms with Crippen molar-refractivity contribution in [1.29, 1.82) is 0 Å². The molecule has 0 saturated carbocycles. The van der Waals surface area contributed by atoms with Crippen molar-refractivity contribution in [3.05, 3.63) is 35.4 Å². The molecule has 106 valence electrons. The Kier molecular flexibility index (Phi) is 4.75. The highest BCUT2D eigenvalue weighted by Gasteiger charge is 2.31. The smallest absolute Gasteiger partial charge is 0.416 e. The molecule has 0 radical (unpaired) electrons. The van der Waals surface area contributed by atoms with Gasteiger partial charge in [0, 0.05) is 12.0 Å². The van der Waals surface area contributed by atoms with Crippen molar-refractivity contribution in [3.8, 4) is 12.3 Å². The van der Waals surface area contributed by atoms with Crippen LogP contribution in [0.15, 0.2) is 24.3 Å². The van der Waals surface area contributed by atoms with Crippen LogP contribution in [-0.2, 0) is 11.0 Å². The minimum absolute atomic E-state index is 0.264. The predicted molar refractivity (Wildman–Crippen MR) is 63.8 cm³/mol. The van der Waals surface area contributed by atoms with E-state index in [1.807, 2.05) is 0 Å². The first kappa shape index (κ1) is 15.6. The largest absolute Gasteiger partial charge is 0.480 e. The molecule has 0 aliphatic carbocycles. The molecule has 0 heterocycles. The molecule has 0 bridgehead atoms. The average Bonchev–Trinajstić information content (AvgIpc) is 2.37. The zero-order valence-corrected chi connectivity index (χ0v) is 10.1. The third kappa shape index (κ3) is 4.02. The second-order valence-electron chi connectivity index (χ2n) is 3.85. The van der Waals surface area contributed by atoms with E-state index in [1.165, 1.54) is 0 Å². The maximum Gasteiger partial charge on any atom is 0.416 e. The Bertz CT molecular complexity index is 561. The number of halogens is 3. The second-order valence-corrected chi connectivity index (χ2v) is 3.85. The van der Waals surface area contributed by atoms with E-state index in [0.29, 0.717) is 6.07 Å². The van der Waals surface area contributed by atoms with E-state index in [1.54, 1.807) is 0 Å².